The second-order valence-corrected chi connectivity index (χ2v) is 6.11. The molecule has 0 fully saturated rings. The second-order valence-electron chi connectivity index (χ2n) is 4.69. The first-order valence-corrected chi connectivity index (χ1v) is 8.54. The highest BCUT2D eigenvalue weighted by Crippen LogP contribution is 2.26. The molecule has 0 atom stereocenters. The Bertz CT molecular complexity index is 736. The lowest BCUT2D eigenvalue weighted by molar-refractivity contribution is -0.145. The van der Waals surface area contributed by atoms with E-state index in [-0.39, 0.29) is 12.3 Å². The molecule has 1 heterocycles. The smallest absolute Gasteiger partial charge is 0.321 e. The highest BCUT2D eigenvalue weighted by atomic mass is 35.5. The summed E-state index contributed by atoms with van der Waals surface area (Å²) in [7, 11) is 0. The van der Waals surface area contributed by atoms with E-state index in [4.69, 9.17) is 20.8 Å². The molecular weight excluding hydrogens is 368 g/mol. The zero-order chi connectivity index (χ0) is 18.1. The third-order valence-corrected chi connectivity index (χ3v) is 4.29. The number of urea groups is 1. The number of carbonyl (C=O) groups excluding carboxylic acids is 3. The first kappa shape index (κ1) is 18.9. The van der Waals surface area contributed by atoms with Crippen LogP contribution in [0.3, 0.4) is 0 Å². The average Bonchev–Trinajstić information content (AvgIpc) is 3.11. The van der Waals surface area contributed by atoms with Crippen molar-refractivity contribution in [2.24, 2.45) is 0 Å². The minimum absolute atomic E-state index is 0.00169. The molecule has 132 valence electrons. The molecule has 0 unspecified atom stereocenters. The van der Waals surface area contributed by atoms with Crippen LogP contribution in [0.2, 0.25) is 5.02 Å². The van der Waals surface area contributed by atoms with E-state index in [9.17, 15) is 14.4 Å². The van der Waals surface area contributed by atoms with Gasteiger partial charge in [0.1, 0.15) is 5.76 Å². The van der Waals surface area contributed by atoms with Crippen molar-refractivity contribution in [3.8, 4) is 0 Å². The molecule has 9 heteroatoms. The van der Waals surface area contributed by atoms with E-state index >= 15 is 0 Å². The third kappa shape index (κ3) is 6.90. The number of rotatable bonds is 7. The lowest BCUT2D eigenvalue weighted by atomic mass is 10.4. The molecule has 0 aliphatic rings. The van der Waals surface area contributed by atoms with E-state index in [2.05, 4.69) is 5.32 Å². The van der Waals surface area contributed by atoms with Gasteiger partial charge in [-0.2, -0.15) is 0 Å². The molecule has 2 rings (SSSR count). The predicted molar refractivity (Wildman–Crippen MR) is 92.2 cm³/mol. The molecule has 2 N–H and O–H groups in total. The zero-order valence-electron chi connectivity index (χ0n) is 13.0. The van der Waals surface area contributed by atoms with E-state index in [1.54, 1.807) is 36.4 Å². The number of hydrogen-bond donors (Lipinski definition) is 2. The molecule has 0 radical (unpaired) electrons. The van der Waals surface area contributed by atoms with Crippen LogP contribution in [0.25, 0.3) is 0 Å². The maximum absolute atomic E-state index is 11.6. The number of benzene rings is 1. The van der Waals surface area contributed by atoms with Crippen molar-refractivity contribution >= 4 is 41.3 Å². The SMILES string of the molecule is O=C(COC(=O)CSc1ccccc1Cl)NC(=O)NCc1ccco1. The number of furan rings is 1. The maximum atomic E-state index is 11.6. The van der Waals surface area contributed by atoms with Crippen molar-refractivity contribution in [1.82, 2.24) is 10.6 Å². The van der Waals surface area contributed by atoms with E-state index in [0.29, 0.717) is 10.8 Å². The first-order chi connectivity index (χ1) is 12.0. The molecule has 0 aliphatic heterocycles. The number of halogens is 1. The minimum atomic E-state index is -0.729. The summed E-state index contributed by atoms with van der Waals surface area (Å²) in [6, 6.07) is 9.73. The number of nitrogens with one attached hydrogen (secondary N) is 2. The van der Waals surface area contributed by atoms with Gasteiger partial charge in [-0.25, -0.2) is 4.79 Å². The standard InChI is InChI=1S/C16H15ClN2O5S/c17-12-5-1-2-6-13(12)25-10-15(21)24-9-14(20)19-16(22)18-8-11-4-3-7-23-11/h1-7H,8-10H2,(H2,18,19,20,22). The van der Waals surface area contributed by atoms with Crippen LogP contribution in [-0.2, 0) is 20.9 Å². The van der Waals surface area contributed by atoms with Crippen molar-refractivity contribution in [3.63, 3.8) is 0 Å². The molecule has 0 bridgehead atoms. The molecule has 3 amide bonds. The number of ether oxygens (including phenoxy) is 1. The van der Waals surface area contributed by atoms with Gasteiger partial charge in [0.15, 0.2) is 6.61 Å². The molecule has 2 aromatic rings. The van der Waals surface area contributed by atoms with Gasteiger partial charge in [0.2, 0.25) is 0 Å². The normalized spacial score (nSPS) is 10.1. The van der Waals surface area contributed by atoms with Crippen LogP contribution in [-0.4, -0.2) is 30.3 Å². The minimum Gasteiger partial charge on any atom is -0.467 e. The van der Waals surface area contributed by atoms with Gasteiger partial charge < -0.3 is 14.5 Å². The average molecular weight is 383 g/mol. The molecule has 0 saturated heterocycles. The topological polar surface area (TPSA) is 97.6 Å². The van der Waals surface area contributed by atoms with Gasteiger partial charge in [0.05, 0.1) is 23.6 Å². The number of thioether (sulfide) groups is 1. The highest BCUT2D eigenvalue weighted by molar-refractivity contribution is 8.00. The van der Waals surface area contributed by atoms with Crippen LogP contribution < -0.4 is 10.6 Å². The van der Waals surface area contributed by atoms with Crippen molar-refractivity contribution < 1.29 is 23.5 Å². The van der Waals surface area contributed by atoms with E-state index in [1.165, 1.54) is 18.0 Å². The van der Waals surface area contributed by atoms with Crippen molar-refractivity contribution in [3.05, 3.63) is 53.4 Å². The fourth-order valence-corrected chi connectivity index (χ4v) is 2.71. The second kappa shape index (κ2) is 9.75. The Hall–Kier alpha value is -2.45. The zero-order valence-corrected chi connectivity index (χ0v) is 14.6. The molecule has 1 aromatic heterocycles. The lowest BCUT2D eigenvalue weighted by Gasteiger charge is -2.07. The number of esters is 1. The van der Waals surface area contributed by atoms with Crippen molar-refractivity contribution in [1.29, 1.82) is 0 Å². The fourth-order valence-electron chi connectivity index (χ4n) is 1.67. The van der Waals surface area contributed by atoms with Crippen LogP contribution in [0.5, 0.6) is 0 Å². The molecule has 1 aromatic carbocycles. The third-order valence-electron chi connectivity index (χ3n) is 2.80. The molecule has 0 spiro atoms. The van der Waals surface area contributed by atoms with E-state index in [1.807, 2.05) is 5.32 Å². The number of imide groups is 1. The number of amides is 3. The van der Waals surface area contributed by atoms with E-state index < -0.39 is 24.5 Å². The Labute approximate surface area is 153 Å². The summed E-state index contributed by atoms with van der Waals surface area (Å²) in [5, 5.41) is 5.01. The Morgan fingerprint density at radius 3 is 2.68 bits per heavy atom. The van der Waals surface area contributed by atoms with Crippen LogP contribution in [0.4, 0.5) is 4.79 Å². The predicted octanol–water partition coefficient (Wildman–Crippen LogP) is 2.59. The number of carbonyl (C=O) groups is 3. The summed E-state index contributed by atoms with van der Waals surface area (Å²) in [4.78, 5) is 35.4. The summed E-state index contributed by atoms with van der Waals surface area (Å²) < 4.78 is 9.83. The van der Waals surface area contributed by atoms with Crippen LogP contribution in [0.1, 0.15) is 5.76 Å². The summed E-state index contributed by atoms with van der Waals surface area (Å²) in [6.07, 6.45) is 1.47. The lowest BCUT2D eigenvalue weighted by Crippen LogP contribution is -2.41. The summed E-state index contributed by atoms with van der Waals surface area (Å²) >= 11 is 7.17. The summed E-state index contributed by atoms with van der Waals surface area (Å²) in [6.45, 7) is -0.406. The Morgan fingerprint density at radius 1 is 1.16 bits per heavy atom. The summed E-state index contributed by atoms with van der Waals surface area (Å²) in [5.74, 6) is -0.767. The highest BCUT2D eigenvalue weighted by Gasteiger charge is 2.12. The molecular formula is C16H15ClN2O5S. The van der Waals surface area contributed by atoms with Gasteiger partial charge in [0.25, 0.3) is 5.91 Å². The Kier molecular flexibility index (Phi) is 7.36. The maximum Gasteiger partial charge on any atom is 0.321 e. The molecule has 7 nitrogen and oxygen atoms in total. The largest absolute Gasteiger partial charge is 0.467 e. The first-order valence-electron chi connectivity index (χ1n) is 7.17. The molecule has 0 saturated carbocycles. The van der Waals surface area contributed by atoms with Gasteiger partial charge in [-0.15, -0.1) is 11.8 Å². The van der Waals surface area contributed by atoms with Crippen LogP contribution >= 0.6 is 23.4 Å². The van der Waals surface area contributed by atoms with Crippen molar-refractivity contribution in [2.75, 3.05) is 12.4 Å². The van der Waals surface area contributed by atoms with Gasteiger partial charge >= 0.3 is 12.0 Å². The quantitative estimate of drug-likeness (QED) is 0.564. The van der Waals surface area contributed by atoms with Crippen LogP contribution in [0.15, 0.2) is 52.0 Å². The Morgan fingerprint density at radius 2 is 1.96 bits per heavy atom. The fraction of sp³-hybridized carbons (Fsp3) is 0.188. The van der Waals surface area contributed by atoms with Gasteiger partial charge in [-0.3, -0.25) is 14.9 Å². The molecule has 25 heavy (non-hydrogen) atoms. The Balaban J connectivity index is 1.62. The van der Waals surface area contributed by atoms with Crippen LogP contribution in [0, 0.1) is 0 Å². The van der Waals surface area contributed by atoms with Crippen molar-refractivity contribution in [2.45, 2.75) is 11.4 Å². The molecule has 0 aliphatic carbocycles. The summed E-state index contributed by atoms with van der Waals surface area (Å²) in [5.41, 5.74) is 0. The number of hydrogen-bond acceptors (Lipinski definition) is 6. The van der Waals surface area contributed by atoms with Gasteiger partial charge in [-0.1, -0.05) is 23.7 Å². The van der Waals surface area contributed by atoms with E-state index in [0.717, 1.165) is 4.90 Å². The van der Waals surface area contributed by atoms with Gasteiger partial charge in [0, 0.05) is 4.90 Å². The van der Waals surface area contributed by atoms with Gasteiger partial charge in [-0.05, 0) is 24.3 Å². The monoisotopic (exact) mass is 382 g/mol.